The summed E-state index contributed by atoms with van der Waals surface area (Å²) in [5, 5.41) is 7.01. The lowest BCUT2D eigenvalue weighted by Gasteiger charge is -2.32. The highest BCUT2D eigenvalue weighted by molar-refractivity contribution is 7.80. The minimum absolute atomic E-state index is 0.264. The van der Waals surface area contributed by atoms with Gasteiger partial charge in [-0.05, 0) is 60.5 Å². The van der Waals surface area contributed by atoms with E-state index in [1.807, 2.05) is 72.8 Å². The Labute approximate surface area is 218 Å². The van der Waals surface area contributed by atoms with Crippen LogP contribution >= 0.6 is 12.2 Å². The molecule has 1 fully saturated rings. The summed E-state index contributed by atoms with van der Waals surface area (Å²) in [5.74, 6) is -0.264. The van der Waals surface area contributed by atoms with E-state index < -0.39 is 5.41 Å². The SMILES string of the molecule is COC(=O)C(CNC(=S)Nc1ccc(N2CCOCC2)cc1)(Cc1ccccc1)Cc1ccccc1. The molecule has 1 saturated heterocycles. The lowest BCUT2D eigenvalue weighted by atomic mass is 9.76. The number of morpholine rings is 1. The molecule has 0 spiro atoms. The molecule has 6 nitrogen and oxygen atoms in total. The van der Waals surface area contributed by atoms with E-state index in [1.165, 1.54) is 7.11 Å². The van der Waals surface area contributed by atoms with Crippen LogP contribution in [0.1, 0.15) is 11.1 Å². The third kappa shape index (κ3) is 6.83. The average molecular weight is 504 g/mol. The number of esters is 1. The Morgan fingerprint density at radius 3 is 2.00 bits per heavy atom. The smallest absolute Gasteiger partial charge is 0.314 e. The Bertz CT molecular complexity index is 1080. The second-order valence-electron chi connectivity index (χ2n) is 9.05. The van der Waals surface area contributed by atoms with Crippen molar-refractivity contribution in [3.63, 3.8) is 0 Å². The van der Waals surface area contributed by atoms with Gasteiger partial charge in [-0.25, -0.2) is 0 Å². The van der Waals surface area contributed by atoms with Gasteiger partial charge < -0.3 is 25.0 Å². The highest BCUT2D eigenvalue weighted by Gasteiger charge is 2.40. The fourth-order valence-corrected chi connectivity index (χ4v) is 4.79. The second kappa shape index (κ2) is 12.5. The third-order valence-corrected chi connectivity index (χ3v) is 6.72. The van der Waals surface area contributed by atoms with E-state index in [1.54, 1.807) is 0 Å². The van der Waals surface area contributed by atoms with Crippen molar-refractivity contribution in [3.8, 4) is 0 Å². The Balaban J connectivity index is 1.47. The summed E-state index contributed by atoms with van der Waals surface area (Å²) in [5.41, 5.74) is 3.36. The number of carbonyl (C=O) groups excluding carboxylic acids is 1. The number of methoxy groups -OCH3 is 1. The van der Waals surface area contributed by atoms with Crippen molar-refractivity contribution >= 4 is 34.7 Å². The highest BCUT2D eigenvalue weighted by Crippen LogP contribution is 2.30. The lowest BCUT2D eigenvalue weighted by molar-refractivity contribution is -0.152. The molecule has 4 rings (SSSR count). The molecule has 1 aliphatic rings. The maximum atomic E-state index is 13.3. The van der Waals surface area contributed by atoms with Crippen LogP contribution in [0.2, 0.25) is 0 Å². The number of hydrogen-bond donors (Lipinski definition) is 2. The molecule has 0 bridgehead atoms. The number of nitrogens with one attached hydrogen (secondary N) is 2. The van der Waals surface area contributed by atoms with Crippen molar-refractivity contribution in [1.29, 1.82) is 0 Å². The van der Waals surface area contributed by atoms with Crippen molar-refractivity contribution in [2.45, 2.75) is 12.8 Å². The third-order valence-electron chi connectivity index (χ3n) is 6.48. The summed E-state index contributed by atoms with van der Waals surface area (Å²) in [6.45, 7) is 3.63. The van der Waals surface area contributed by atoms with Crippen molar-refractivity contribution in [1.82, 2.24) is 5.32 Å². The predicted molar refractivity (Wildman–Crippen MR) is 148 cm³/mol. The monoisotopic (exact) mass is 503 g/mol. The molecule has 0 amide bonds. The number of ether oxygens (including phenoxy) is 2. The number of benzene rings is 3. The van der Waals surface area contributed by atoms with E-state index in [0.29, 0.717) is 24.5 Å². The fourth-order valence-electron chi connectivity index (χ4n) is 4.60. The number of thiocarbonyl (C=S) groups is 1. The lowest BCUT2D eigenvalue weighted by Crippen LogP contribution is -2.47. The van der Waals surface area contributed by atoms with Gasteiger partial charge in [-0.1, -0.05) is 60.7 Å². The molecule has 3 aromatic rings. The van der Waals surface area contributed by atoms with Gasteiger partial charge >= 0.3 is 5.97 Å². The molecule has 1 aliphatic heterocycles. The fraction of sp³-hybridized carbons (Fsp3) is 0.310. The van der Waals surface area contributed by atoms with E-state index in [-0.39, 0.29) is 5.97 Å². The summed E-state index contributed by atoms with van der Waals surface area (Å²) in [6.07, 6.45) is 1.05. The molecule has 1 heterocycles. The molecule has 0 aliphatic carbocycles. The van der Waals surface area contributed by atoms with Crippen LogP contribution in [0.15, 0.2) is 84.9 Å². The van der Waals surface area contributed by atoms with Crippen molar-refractivity contribution < 1.29 is 14.3 Å². The van der Waals surface area contributed by atoms with Crippen molar-refractivity contribution in [2.24, 2.45) is 5.41 Å². The zero-order valence-electron chi connectivity index (χ0n) is 20.6. The molecule has 188 valence electrons. The molecule has 2 N–H and O–H groups in total. The minimum atomic E-state index is -0.830. The van der Waals surface area contributed by atoms with Crippen LogP contribution in [0, 0.1) is 5.41 Å². The molecule has 7 heteroatoms. The summed E-state index contributed by atoms with van der Waals surface area (Å²) in [4.78, 5) is 15.6. The van der Waals surface area contributed by atoms with Gasteiger partial charge in [-0.3, -0.25) is 4.79 Å². The van der Waals surface area contributed by atoms with Crippen molar-refractivity contribution in [2.75, 3.05) is 50.2 Å². The van der Waals surface area contributed by atoms with E-state index in [2.05, 4.69) is 27.7 Å². The van der Waals surface area contributed by atoms with Gasteiger partial charge in [-0.15, -0.1) is 0 Å². The first-order valence-corrected chi connectivity index (χ1v) is 12.6. The Hall–Kier alpha value is -3.42. The first-order valence-electron chi connectivity index (χ1n) is 12.2. The molecular weight excluding hydrogens is 470 g/mol. The number of rotatable bonds is 9. The molecule has 0 radical (unpaired) electrons. The van der Waals surface area contributed by atoms with E-state index >= 15 is 0 Å². The Kier molecular flexibility index (Phi) is 8.92. The molecule has 3 aromatic carbocycles. The number of anilines is 2. The average Bonchev–Trinajstić information content (AvgIpc) is 2.93. The van der Waals surface area contributed by atoms with Crippen LogP contribution in [-0.2, 0) is 27.1 Å². The largest absolute Gasteiger partial charge is 0.469 e. The van der Waals surface area contributed by atoms with Crippen LogP contribution in [0.3, 0.4) is 0 Å². The standard InChI is InChI=1S/C29H33N3O3S/c1-34-27(33)29(20-23-8-4-2-5-9-23,21-24-10-6-3-7-11-24)22-30-28(36)31-25-12-14-26(15-13-25)32-16-18-35-19-17-32/h2-15H,16-22H2,1H3,(H2,30,31,36). The van der Waals surface area contributed by atoms with Gasteiger partial charge in [-0.2, -0.15) is 0 Å². The summed E-state index contributed by atoms with van der Waals surface area (Å²) in [7, 11) is 1.44. The Morgan fingerprint density at radius 2 is 1.47 bits per heavy atom. The minimum Gasteiger partial charge on any atom is -0.469 e. The first kappa shape index (κ1) is 25.7. The maximum Gasteiger partial charge on any atom is 0.314 e. The van der Waals surface area contributed by atoms with Gasteiger partial charge in [0.1, 0.15) is 0 Å². The highest BCUT2D eigenvalue weighted by atomic mass is 32.1. The van der Waals surface area contributed by atoms with Gasteiger partial charge in [0, 0.05) is 31.0 Å². The van der Waals surface area contributed by atoms with E-state index in [0.717, 1.165) is 48.8 Å². The molecule has 0 saturated carbocycles. The number of nitrogens with zero attached hydrogens (tertiary/aromatic N) is 1. The number of carbonyl (C=O) groups is 1. The Morgan fingerprint density at radius 1 is 0.917 bits per heavy atom. The molecule has 0 unspecified atom stereocenters. The topological polar surface area (TPSA) is 62.8 Å². The zero-order chi connectivity index (χ0) is 25.2. The summed E-state index contributed by atoms with van der Waals surface area (Å²) >= 11 is 5.61. The normalized spacial score (nSPS) is 13.6. The first-order chi connectivity index (χ1) is 17.6. The summed E-state index contributed by atoms with van der Waals surface area (Å²) in [6, 6.07) is 28.2. The quantitative estimate of drug-likeness (QED) is 0.330. The van der Waals surface area contributed by atoms with Gasteiger partial charge in [0.25, 0.3) is 0 Å². The van der Waals surface area contributed by atoms with Crippen molar-refractivity contribution in [3.05, 3.63) is 96.1 Å². The number of hydrogen-bond acceptors (Lipinski definition) is 5. The van der Waals surface area contributed by atoms with Crippen LogP contribution in [0.4, 0.5) is 11.4 Å². The second-order valence-corrected chi connectivity index (χ2v) is 9.46. The van der Waals surface area contributed by atoms with E-state index in [9.17, 15) is 4.79 Å². The van der Waals surface area contributed by atoms with Crippen LogP contribution in [-0.4, -0.2) is 51.0 Å². The van der Waals surface area contributed by atoms with Crippen LogP contribution in [0.5, 0.6) is 0 Å². The van der Waals surface area contributed by atoms with Gasteiger partial charge in [0.05, 0.1) is 25.7 Å². The molecule has 0 atom stereocenters. The molecular formula is C29H33N3O3S. The summed E-state index contributed by atoms with van der Waals surface area (Å²) < 4.78 is 10.8. The van der Waals surface area contributed by atoms with Crippen LogP contribution in [0.25, 0.3) is 0 Å². The predicted octanol–water partition coefficient (Wildman–Crippen LogP) is 4.45. The van der Waals surface area contributed by atoms with E-state index in [4.69, 9.17) is 21.7 Å². The maximum absolute atomic E-state index is 13.3. The molecule has 36 heavy (non-hydrogen) atoms. The molecule has 0 aromatic heterocycles. The van der Waals surface area contributed by atoms with Gasteiger partial charge in [0.15, 0.2) is 5.11 Å². The zero-order valence-corrected chi connectivity index (χ0v) is 21.4. The van der Waals surface area contributed by atoms with Crippen LogP contribution < -0.4 is 15.5 Å². The van der Waals surface area contributed by atoms with Gasteiger partial charge in [0.2, 0.25) is 0 Å².